The van der Waals surface area contributed by atoms with Gasteiger partial charge < -0.3 is 0 Å². The summed E-state index contributed by atoms with van der Waals surface area (Å²) in [6.07, 6.45) is 0. The number of rotatable bonds is 4. The second-order valence-corrected chi connectivity index (χ2v) is 12.1. The minimum atomic E-state index is -3.71. The van der Waals surface area contributed by atoms with E-state index in [0.717, 1.165) is 11.1 Å². The zero-order valence-electron chi connectivity index (χ0n) is 15.2. The monoisotopic (exact) mass is 412 g/mol. The number of benzene rings is 2. The van der Waals surface area contributed by atoms with Crippen molar-refractivity contribution in [3.8, 4) is 0 Å². The Kier molecular flexibility index (Phi) is 5.89. The van der Waals surface area contributed by atoms with Gasteiger partial charge in [0.05, 0.1) is 10.6 Å². The molecule has 3 rings (SSSR count). The average Bonchev–Trinajstić information content (AvgIpc) is 2.62. The van der Waals surface area contributed by atoms with Gasteiger partial charge in [0.1, 0.15) is 0 Å². The summed E-state index contributed by atoms with van der Waals surface area (Å²) in [6, 6.07) is 14.4. The van der Waals surface area contributed by atoms with E-state index in [2.05, 4.69) is 27.7 Å². The van der Waals surface area contributed by atoms with Crippen molar-refractivity contribution in [3.05, 3.63) is 59.7 Å². The van der Waals surface area contributed by atoms with Crippen LogP contribution in [0.5, 0.6) is 0 Å². The van der Waals surface area contributed by atoms with Gasteiger partial charge in [0.2, 0.25) is 0 Å². The lowest BCUT2D eigenvalue weighted by Crippen LogP contribution is -2.16. The molecule has 140 valence electrons. The van der Waals surface area contributed by atoms with Crippen LogP contribution < -0.4 is 10.6 Å². The molecule has 1 saturated heterocycles. The fraction of sp³-hybridized carbons (Fsp3) is 0.333. The second kappa shape index (κ2) is 7.68. The van der Waals surface area contributed by atoms with E-state index >= 15 is 0 Å². The highest BCUT2D eigenvalue weighted by atomic mass is 31.3. The van der Waals surface area contributed by atoms with Gasteiger partial charge >= 0.3 is 15.2 Å². The Balaban J connectivity index is 1.89. The van der Waals surface area contributed by atoms with E-state index in [1.54, 1.807) is 24.3 Å². The molecule has 1 aliphatic heterocycles. The molecule has 2 atom stereocenters. The van der Waals surface area contributed by atoms with Crippen molar-refractivity contribution in [1.82, 2.24) is 0 Å². The number of hydrogen-bond acceptors (Lipinski definition) is 5. The van der Waals surface area contributed by atoms with Gasteiger partial charge in [-0.25, -0.2) is 4.31 Å². The molecule has 8 heteroatoms. The van der Waals surface area contributed by atoms with Crippen LogP contribution in [0.15, 0.2) is 48.5 Å². The minimum Gasteiger partial charge on any atom is -0.256 e. The van der Waals surface area contributed by atoms with Gasteiger partial charge in [0.15, 0.2) is 9.03 Å². The third-order valence-electron chi connectivity index (χ3n) is 4.28. The fourth-order valence-electron chi connectivity index (χ4n) is 2.57. The van der Waals surface area contributed by atoms with Crippen LogP contribution in [0.4, 0.5) is 0 Å². The highest BCUT2D eigenvalue weighted by molar-refractivity contribution is 7.81. The molecular weight excluding hydrogens is 389 g/mol. The molecule has 0 amide bonds. The van der Waals surface area contributed by atoms with Crippen LogP contribution in [-0.4, -0.2) is 0 Å². The highest BCUT2D eigenvalue weighted by Crippen LogP contribution is 2.73. The van der Waals surface area contributed by atoms with Crippen molar-refractivity contribution in [2.45, 2.75) is 39.5 Å². The predicted molar refractivity (Wildman–Crippen MR) is 107 cm³/mol. The largest absolute Gasteiger partial charge is 0.373 e. The first-order valence-corrected chi connectivity index (χ1v) is 12.4. The SMILES string of the molecule is CC(C)c1ccc(P2(=O)OPOP(=O)(c3ccc(C(C)C)cc3)O2)cc1. The summed E-state index contributed by atoms with van der Waals surface area (Å²) in [5.41, 5.74) is 2.23. The normalized spacial score (nSPS) is 27.3. The zero-order valence-corrected chi connectivity index (χ0v) is 18.0. The van der Waals surface area contributed by atoms with Gasteiger partial charge in [-0.15, -0.1) is 0 Å². The molecule has 2 aromatic rings. The standard InChI is InChI=1S/C18H23O5P3/c1-13(2)15-5-9-17(10-6-15)25(19)21-24-22-26(20,23-25)18-11-7-16(8-12-18)14(3)4/h5-14,24H,1-4H3. The molecule has 0 N–H and O–H groups in total. The Hall–Kier alpha value is -0.790. The summed E-state index contributed by atoms with van der Waals surface area (Å²) < 4.78 is 42.5. The Labute approximate surface area is 156 Å². The molecule has 0 aliphatic carbocycles. The Bertz CT molecular complexity index is 788. The third kappa shape index (κ3) is 4.04. The van der Waals surface area contributed by atoms with Crippen LogP contribution in [0.2, 0.25) is 0 Å². The minimum absolute atomic E-state index is 0.356. The number of hydrogen-bond donors (Lipinski definition) is 0. The summed E-state index contributed by atoms with van der Waals surface area (Å²) in [6.45, 7) is 8.31. The average molecular weight is 412 g/mol. The van der Waals surface area contributed by atoms with Crippen molar-refractivity contribution in [2.75, 3.05) is 0 Å². The molecule has 0 saturated carbocycles. The molecule has 26 heavy (non-hydrogen) atoms. The molecule has 2 aromatic carbocycles. The summed E-state index contributed by atoms with van der Waals surface area (Å²) in [5, 5.41) is 0.772. The van der Waals surface area contributed by atoms with Crippen LogP contribution in [0, 0.1) is 0 Å². The summed E-state index contributed by atoms with van der Waals surface area (Å²) in [7, 11) is -8.03. The Morgan fingerprint density at radius 2 is 1.04 bits per heavy atom. The molecule has 5 nitrogen and oxygen atoms in total. The Morgan fingerprint density at radius 1 is 0.692 bits per heavy atom. The lowest BCUT2D eigenvalue weighted by molar-refractivity contribution is 0.334. The van der Waals surface area contributed by atoms with E-state index in [1.165, 1.54) is 0 Å². The van der Waals surface area contributed by atoms with Crippen LogP contribution in [-0.2, 0) is 22.1 Å². The molecule has 1 aliphatic rings. The molecule has 1 fully saturated rings. The summed E-state index contributed by atoms with van der Waals surface area (Å²) in [5.74, 6) is 0.711. The van der Waals surface area contributed by atoms with Crippen LogP contribution >= 0.6 is 24.2 Å². The lowest BCUT2D eigenvalue weighted by atomic mass is 10.0. The van der Waals surface area contributed by atoms with Gasteiger partial charge in [0, 0.05) is 0 Å². The van der Waals surface area contributed by atoms with Gasteiger partial charge in [-0.1, -0.05) is 52.0 Å². The van der Waals surface area contributed by atoms with E-state index in [0.29, 0.717) is 22.4 Å². The maximum atomic E-state index is 13.2. The maximum absolute atomic E-state index is 13.2. The second-order valence-electron chi connectivity index (χ2n) is 6.83. The van der Waals surface area contributed by atoms with Crippen molar-refractivity contribution in [2.24, 2.45) is 0 Å². The maximum Gasteiger partial charge on any atom is 0.373 e. The van der Waals surface area contributed by atoms with Crippen molar-refractivity contribution in [1.29, 1.82) is 0 Å². The molecule has 0 spiro atoms. The van der Waals surface area contributed by atoms with E-state index in [-0.39, 0.29) is 0 Å². The first-order chi connectivity index (χ1) is 12.2. The quantitative estimate of drug-likeness (QED) is 0.591. The van der Waals surface area contributed by atoms with E-state index in [9.17, 15) is 9.13 Å². The first-order valence-electron chi connectivity index (χ1n) is 8.48. The predicted octanol–water partition coefficient (Wildman–Crippen LogP) is 5.84. The molecular formula is C18H23O5P3. The van der Waals surface area contributed by atoms with E-state index in [4.69, 9.17) is 12.9 Å². The van der Waals surface area contributed by atoms with Gasteiger partial charge in [-0.05, 0) is 47.2 Å². The van der Waals surface area contributed by atoms with E-state index < -0.39 is 24.2 Å². The van der Waals surface area contributed by atoms with Crippen molar-refractivity contribution in [3.63, 3.8) is 0 Å². The molecule has 0 bridgehead atoms. The van der Waals surface area contributed by atoms with Gasteiger partial charge in [0.25, 0.3) is 0 Å². The third-order valence-corrected chi connectivity index (χ3v) is 10.4. The topological polar surface area (TPSA) is 61.8 Å². The molecule has 2 unspecified atom stereocenters. The first kappa shape index (κ1) is 20.0. The van der Waals surface area contributed by atoms with Crippen molar-refractivity contribution < 1.29 is 22.1 Å². The van der Waals surface area contributed by atoms with Crippen LogP contribution in [0.25, 0.3) is 0 Å². The lowest BCUT2D eigenvalue weighted by Gasteiger charge is -2.29. The highest BCUT2D eigenvalue weighted by Gasteiger charge is 2.45. The van der Waals surface area contributed by atoms with Gasteiger partial charge in [-0.2, -0.15) is 0 Å². The van der Waals surface area contributed by atoms with Crippen LogP contribution in [0.3, 0.4) is 0 Å². The molecule has 0 radical (unpaired) electrons. The van der Waals surface area contributed by atoms with Gasteiger partial charge in [-0.3, -0.25) is 17.8 Å². The summed E-state index contributed by atoms with van der Waals surface area (Å²) >= 11 is 0. The molecule has 1 heterocycles. The molecule has 0 aromatic heterocycles. The zero-order chi connectivity index (χ0) is 18.9. The van der Waals surface area contributed by atoms with E-state index in [1.807, 2.05) is 24.3 Å². The van der Waals surface area contributed by atoms with Crippen molar-refractivity contribution >= 4 is 34.8 Å². The fourth-order valence-corrected chi connectivity index (χ4v) is 8.42. The smallest absolute Gasteiger partial charge is 0.256 e. The summed E-state index contributed by atoms with van der Waals surface area (Å²) in [4.78, 5) is 0. The Morgan fingerprint density at radius 3 is 1.35 bits per heavy atom. The van der Waals surface area contributed by atoms with Crippen LogP contribution in [0.1, 0.15) is 50.7 Å².